The number of phenolic OH excluding ortho intramolecular Hbond substituents is 1. The van der Waals surface area contributed by atoms with Crippen LogP contribution in [0, 0.1) is 0 Å². The lowest BCUT2D eigenvalue weighted by Crippen LogP contribution is -2.17. The number of aromatic nitrogens is 1. The summed E-state index contributed by atoms with van der Waals surface area (Å²) >= 11 is 0. The monoisotopic (exact) mass is 248 g/mol. The second-order valence-corrected chi connectivity index (χ2v) is 4.01. The number of rotatable bonds is 5. The molecule has 0 spiro atoms. The van der Waals surface area contributed by atoms with Gasteiger partial charge < -0.3 is 19.7 Å². The molecule has 96 valence electrons. The fourth-order valence-electron chi connectivity index (χ4n) is 1.67. The molecule has 0 radical (unpaired) electrons. The SMILES string of the molecule is COc1cc(C(C)NCc2ccno2)ccc1O. The molecule has 5 heteroatoms. The molecule has 1 atom stereocenters. The van der Waals surface area contributed by atoms with Crippen LogP contribution in [-0.4, -0.2) is 17.4 Å². The van der Waals surface area contributed by atoms with E-state index in [4.69, 9.17) is 9.26 Å². The highest BCUT2D eigenvalue weighted by Gasteiger charge is 2.09. The van der Waals surface area contributed by atoms with Gasteiger partial charge in [-0.1, -0.05) is 11.2 Å². The highest BCUT2D eigenvalue weighted by atomic mass is 16.5. The molecular formula is C13H16N2O3. The number of nitrogens with zero attached hydrogens (tertiary/aromatic N) is 1. The van der Waals surface area contributed by atoms with Gasteiger partial charge >= 0.3 is 0 Å². The van der Waals surface area contributed by atoms with Gasteiger partial charge in [-0.3, -0.25) is 0 Å². The second-order valence-electron chi connectivity index (χ2n) is 4.01. The van der Waals surface area contributed by atoms with Crippen LogP contribution in [0.5, 0.6) is 11.5 Å². The standard InChI is InChI=1S/C13H16N2O3/c1-9(14-8-11-5-6-15-18-11)10-3-4-12(16)13(7-10)17-2/h3-7,9,14,16H,8H2,1-2H3. The van der Waals surface area contributed by atoms with Crippen molar-refractivity contribution < 1.29 is 14.4 Å². The van der Waals surface area contributed by atoms with Crippen molar-refractivity contribution in [2.75, 3.05) is 7.11 Å². The van der Waals surface area contributed by atoms with Crippen LogP contribution in [0.2, 0.25) is 0 Å². The topological polar surface area (TPSA) is 67.5 Å². The van der Waals surface area contributed by atoms with Crippen molar-refractivity contribution >= 4 is 0 Å². The Morgan fingerprint density at radius 3 is 2.94 bits per heavy atom. The number of aromatic hydroxyl groups is 1. The quantitative estimate of drug-likeness (QED) is 0.849. The Kier molecular flexibility index (Phi) is 3.84. The average molecular weight is 248 g/mol. The molecule has 0 saturated heterocycles. The van der Waals surface area contributed by atoms with Crippen LogP contribution in [-0.2, 0) is 6.54 Å². The predicted molar refractivity (Wildman–Crippen MR) is 66.4 cm³/mol. The lowest BCUT2D eigenvalue weighted by atomic mass is 10.1. The molecule has 1 heterocycles. The lowest BCUT2D eigenvalue weighted by molar-refractivity contribution is 0.363. The number of ether oxygens (including phenoxy) is 1. The van der Waals surface area contributed by atoms with Crippen molar-refractivity contribution in [3.8, 4) is 11.5 Å². The molecule has 0 bridgehead atoms. The Labute approximate surface area is 105 Å². The van der Waals surface area contributed by atoms with E-state index in [0.717, 1.165) is 11.3 Å². The molecule has 0 amide bonds. The zero-order valence-electron chi connectivity index (χ0n) is 10.4. The van der Waals surface area contributed by atoms with Gasteiger partial charge in [-0.15, -0.1) is 0 Å². The fourth-order valence-corrected chi connectivity index (χ4v) is 1.67. The average Bonchev–Trinajstić information content (AvgIpc) is 2.89. The smallest absolute Gasteiger partial charge is 0.160 e. The molecule has 0 aliphatic heterocycles. The molecule has 1 unspecified atom stereocenters. The van der Waals surface area contributed by atoms with E-state index >= 15 is 0 Å². The van der Waals surface area contributed by atoms with E-state index in [2.05, 4.69) is 10.5 Å². The lowest BCUT2D eigenvalue weighted by Gasteiger charge is -2.14. The zero-order valence-corrected chi connectivity index (χ0v) is 10.4. The summed E-state index contributed by atoms with van der Waals surface area (Å²) in [7, 11) is 1.53. The third-order valence-electron chi connectivity index (χ3n) is 2.78. The van der Waals surface area contributed by atoms with Crippen LogP contribution >= 0.6 is 0 Å². The van der Waals surface area contributed by atoms with Crippen LogP contribution in [0.4, 0.5) is 0 Å². The predicted octanol–water partition coefficient (Wildman–Crippen LogP) is 2.24. The van der Waals surface area contributed by atoms with Crippen LogP contribution in [0.1, 0.15) is 24.3 Å². The highest BCUT2D eigenvalue weighted by molar-refractivity contribution is 5.42. The largest absolute Gasteiger partial charge is 0.504 e. The summed E-state index contributed by atoms with van der Waals surface area (Å²) in [6.07, 6.45) is 1.62. The van der Waals surface area contributed by atoms with Crippen molar-refractivity contribution in [2.45, 2.75) is 19.5 Å². The Hall–Kier alpha value is -2.01. The molecule has 2 N–H and O–H groups in total. The van der Waals surface area contributed by atoms with Crippen LogP contribution in [0.25, 0.3) is 0 Å². The summed E-state index contributed by atoms with van der Waals surface area (Å²) in [6, 6.07) is 7.23. The summed E-state index contributed by atoms with van der Waals surface area (Å²) in [5.41, 5.74) is 1.03. The molecule has 2 rings (SSSR count). The third kappa shape index (κ3) is 2.81. The maximum absolute atomic E-state index is 9.53. The van der Waals surface area contributed by atoms with E-state index in [1.54, 1.807) is 12.3 Å². The molecule has 0 aliphatic carbocycles. The third-order valence-corrected chi connectivity index (χ3v) is 2.78. The van der Waals surface area contributed by atoms with Gasteiger partial charge in [0.1, 0.15) is 5.76 Å². The Morgan fingerprint density at radius 1 is 1.44 bits per heavy atom. The number of benzene rings is 1. The number of nitrogens with one attached hydrogen (secondary N) is 1. The fraction of sp³-hybridized carbons (Fsp3) is 0.308. The molecule has 0 fully saturated rings. The molecule has 1 aromatic heterocycles. The van der Waals surface area contributed by atoms with Crippen molar-refractivity contribution in [3.63, 3.8) is 0 Å². The van der Waals surface area contributed by atoms with E-state index in [-0.39, 0.29) is 11.8 Å². The summed E-state index contributed by atoms with van der Waals surface area (Å²) in [5, 5.41) is 16.5. The first-order valence-electron chi connectivity index (χ1n) is 5.70. The summed E-state index contributed by atoms with van der Waals surface area (Å²) < 4.78 is 10.1. The molecule has 0 aliphatic rings. The van der Waals surface area contributed by atoms with Crippen molar-refractivity contribution in [1.29, 1.82) is 0 Å². The van der Waals surface area contributed by atoms with Crippen LogP contribution < -0.4 is 10.1 Å². The first-order valence-corrected chi connectivity index (χ1v) is 5.70. The van der Waals surface area contributed by atoms with Gasteiger partial charge in [0.2, 0.25) is 0 Å². The minimum absolute atomic E-state index is 0.115. The summed E-state index contributed by atoms with van der Waals surface area (Å²) in [5.74, 6) is 1.40. The minimum atomic E-state index is 0.115. The minimum Gasteiger partial charge on any atom is -0.504 e. The van der Waals surface area contributed by atoms with Crippen molar-refractivity contribution in [2.24, 2.45) is 0 Å². The van der Waals surface area contributed by atoms with Crippen molar-refractivity contribution in [1.82, 2.24) is 10.5 Å². The second kappa shape index (κ2) is 5.55. The van der Waals surface area contributed by atoms with Crippen molar-refractivity contribution in [3.05, 3.63) is 41.8 Å². The van der Waals surface area contributed by atoms with Gasteiger partial charge in [-0.2, -0.15) is 0 Å². The van der Waals surface area contributed by atoms with Gasteiger partial charge in [0, 0.05) is 12.1 Å². The van der Waals surface area contributed by atoms with E-state index < -0.39 is 0 Å². The Bertz CT molecular complexity index is 497. The summed E-state index contributed by atoms with van der Waals surface area (Å²) in [6.45, 7) is 2.63. The highest BCUT2D eigenvalue weighted by Crippen LogP contribution is 2.28. The number of hydrogen-bond acceptors (Lipinski definition) is 5. The number of methoxy groups -OCH3 is 1. The van der Waals surface area contributed by atoms with Gasteiger partial charge in [-0.05, 0) is 24.6 Å². The van der Waals surface area contributed by atoms with E-state index in [1.807, 2.05) is 25.1 Å². The molecule has 18 heavy (non-hydrogen) atoms. The number of phenols is 1. The van der Waals surface area contributed by atoms with E-state index in [9.17, 15) is 5.11 Å². The first kappa shape index (κ1) is 12.4. The van der Waals surface area contributed by atoms with Crippen LogP contribution in [0.3, 0.4) is 0 Å². The van der Waals surface area contributed by atoms with Gasteiger partial charge in [-0.25, -0.2) is 0 Å². The maximum Gasteiger partial charge on any atom is 0.160 e. The molecule has 0 saturated carbocycles. The molecular weight excluding hydrogens is 232 g/mol. The number of hydrogen-bond donors (Lipinski definition) is 2. The maximum atomic E-state index is 9.53. The molecule has 2 aromatic rings. The normalized spacial score (nSPS) is 12.3. The van der Waals surface area contributed by atoms with Crippen LogP contribution in [0.15, 0.2) is 35.0 Å². The Balaban J connectivity index is 2.02. The van der Waals surface area contributed by atoms with E-state index in [0.29, 0.717) is 12.3 Å². The molecule has 1 aromatic carbocycles. The Morgan fingerprint density at radius 2 is 2.28 bits per heavy atom. The van der Waals surface area contributed by atoms with E-state index in [1.165, 1.54) is 7.11 Å². The van der Waals surface area contributed by atoms with Gasteiger partial charge in [0.25, 0.3) is 0 Å². The van der Waals surface area contributed by atoms with Gasteiger partial charge in [0.15, 0.2) is 11.5 Å². The zero-order chi connectivity index (χ0) is 13.0. The van der Waals surface area contributed by atoms with Gasteiger partial charge in [0.05, 0.1) is 19.9 Å². The summed E-state index contributed by atoms with van der Waals surface area (Å²) in [4.78, 5) is 0. The molecule has 5 nitrogen and oxygen atoms in total. The first-order chi connectivity index (χ1) is 8.70.